The Morgan fingerprint density at radius 2 is 2.00 bits per heavy atom. The van der Waals surface area contributed by atoms with E-state index in [-0.39, 0.29) is 5.56 Å². The highest BCUT2D eigenvalue weighted by molar-refractivity contribution is 5.79. The fourth-order valence-electron chi connectivity index (χ4n) is 1.78. The first-order valence-corrected chi connectivity index (χ1v) is 6.04. The summed E-state index contributed by atoms with van der Waals surface area (Å²) in [7, 11) is 1.70. The van der Waals surface area contributed by atoms with Crippen LogP contribution in [0.5, 0.6) is 0 Å². The SMILES string of the molecule is Cc1ccc(/C=N/n2nnc3c(cnn3C)c2=O)cc1. The average molecular weight is 268 g/mol. The van der Waals surface area contributed by atoms with Gasteiger partial charge < -0.3 is 0 Å². The van der Waals surface area contributed by atoms with Crippen molar-refractivity contribution in [2.45, 2.75) is 6.92 Å². The molecule has 0 saturated carbocycles. The molecule has 2 aromatic heterocycles. The molecule has 7 nitrogen and oxygen atoms in total. The predicted molar refractivity (Wildman–Crippen MR) is 74.7 cm³/mol. The molecule has 0 fully saturated rings. The average Bonchev–Trinajstić information content (AvgIpc) is 2.82. The Morgan fingerprint density at radius 3 is 2.75 bits per heavy atom. The minimum Gasteiger partial charge on any atom is -0.265 e. The van der Waals surface area contributed by atoms with Crippen molar-refractivity contribution in [1.29, 1.82) is 0 Å². The molecule has 2 heterocycles. The van der Waals surface area contributed by atoms with Gasteiger partial charge in [-0.1, -0.05) is 34.6 Å². The van der Waals surface area contributed by atoms with Gasteiger partial charge in [0.2, 0.25) is 0 Å². The van der Waals surface area contributed by atoms with Crippen LogP contribution >= 0.6 is 0 Å². The molecule has 0 saturated heterocycles. The third kappa shape index (κ3) is 2.09. The van der Waals surface area contributed by atoms with Crippen LogP contribution < -0.4 is 5.56 Å². The van der Waals surface area contributed by atoms with Crippen molar-refractivity contribution in [3.8, 4) is 0 Å². The summed E-state index contributed by atoms with van der Waals surface area (Å²) < 4.78 is 1.50. The Hall–Kier alpha value is -2.83. The molecule has 0 radical (unpaired) electrons. The largest absolute Gasteiger partial charge is 0.302 e. The van der Waals surface area contributed by atoms with E-state index in [2.05, 4.69) is 20.5 Å². The highest BCUT2D eigenvalue weighted by Gasteiger charge is 2.08. The van der Waals surface area contributed by atoms with E-state index >= 15 is 0 Å². The van der Waals surface area contributed by atoms with Gasteiger partial charge in [-0.3, -0.25) is 4.79 Å². The van der Waals surface area contributed by atoms with Crippen molar-refractivity contribution in [2.24, 2.45) is 12.1 Å². The summed E-state index contributed by atoms with van der Waals surface area (Å²) in [6.45, 7) is 2.01. The lowest BCUT2D eigenvalue weighted by Gasteiger charge is -1.97. The van der Waals surface area contributed by atoms with Crippen LogP contribution in [-0.2, 0) is 7.05 Å². The molecule has 0 spiro atoms. The van der Waals surface area contributed by atoms with E-state index in [0.717, 1.165) is 15.9 Å². The fraction of sp³-hybridized carbons (Fsp3) is 0.154. The highest BCUT2D eigenvalue weighted by atomic mass is 16.1. The van der Waals surface area contributed by atoms with Gasteiger partial charge in [0.25, 0.3) is 0 Å². The predicted octanol–water partition coefficient (Wildman–Crippen LogP) is 0.716. The maximum Gasteiger partial charge on any atom is 0.302 e. The quantitative estimate of drug-likeness (QED) is 0.641. The van der Waals surface area contributed by atoms with Gasteiger partial charge in [0.15, 0.2) is 5.65 Å². The molecular weight excluding hydrogens is 256 g/mol. The zero-order chi connectivity index (χ0) is 14.1. The monoisotopic (exact) mass is 268 g/mol. The molecule has 0 amide bonds. The van der Waals surface area contributed by atoms with Gasteiger partial charge in [0.1, 0.15) is 5.39 Å². The Labute approximate surface area is 114 Å². The third-order valence-electron chi connectivity index (χ3n) is 2.94. The molecule has 0 bridgehead atoms. The second kappa shape index (κ2) is 4.69. The molecule has 1 aromatic carbocycles. The third-order valence-corrected chi connectivity index (χ3v) is 2.94. The number of benzene rings is 1. The van der Waals surface area contributed by atoms with E-state index in [1.54, 1.807) is 13.3 Å². The van der Waals surface area contributed by atoms with Gasteiger partial charge in [-0.05, 0) is 17.7 Å². The summed E-state index contributed by atoms with van der Waals surface area (Å²) in [5.74, 6) is 0. The molecule has 100 valence electrons. The van der Waals surface area contributed by atoms with Gasteiger partial charge in [0.05, 0.1) is 12.4 Å². The van der Waals surface area contributed by atoms with E-state index in [0.29, 0.717) is 11.0 Å². The van der Waals surface area contributed by atoms with Crippen LogP contribution in [0.2, 0.25) is 0 Å². The van der Waals surface area contributed by atoms with E-state index in [1.807, 2.05) is 31.2 Å². The van der Waals surface area contributed by atoms with Crippen molar-refractivity contribution in [3.63, 3.8) is 0 Å². The molecule has 0 atom stereocenters. The Kier molecular flexibility index (Phi) is 2.86. The molecule has 3 aromatic rings. The number of nitrogens with zero attached hydrogens (tertiary/aromatic N) is 6. The molecule has 0 aliphatic carbocycles. The summed E-state index contributed by atoms with van der Waals surface area (Å²) >= 11 is 0. The van der Waals surface area contributed by atoms with Gasteiger partial charge in [0, 0.05) is 7.05 Å². The molecule has 20 heavy (non-hydrogen) atoms. The lowest BCUT2D eigenvalue weighted by Crippen LogP contribution is -2.20. The molecule has 7 heteroatoms. The fourth-order valence-corrected chi connectivity index (χ4v) is 1.78. The zero-order valence-electron chi connectivity index (χ0n) is 11.1. The van der Waals surface area contributed by atoms with Crippen molar-refractivity contribution in [3.05, 3.63) is 51.9 Å². The normalized spacial score (nSPS) is 11.5. The van der Waals surface area contributed by atoms with Crippen molar-refractivity contribution >= 4 is 17.2 Å². The first kappa shape index (κ1) is 12.2. The van der Waals surface area contributed by atoms with E-state index in [4.69, 9.17) is 0 Å². The first-order valence-electron chi connectivity index (χ1n) is 6.04. The van der Waals surface area contributed by atoms with Crippen LogP contribution in [0.1, 0.15) is 11.1 Å². The molecule has 0 aliphatic heterocycles. The molecule has 3 rings (SSSR count). The van der Waals surface area contributed by atoms with Crippen LogP contribution in [0.15, 0.2) is 40.4 Å². The van der Waals surface area contributed by atoms with E-state index in [9.17, 15) is 4.79 Å². The number of aryl methyl sites for hydroxylation is 2. The van der Waals surface area contributed by atoms with Crippen LogP contribution in [0.4, 0.5) is 0 Å². The smallest absolute Gasteiger partial charge is 0.265 e. The summed E-state index contributed by atoms with van der Waals surface area (Å²) in [6, 6.07) is 7.78. The van der Waals surface area contributed by atoms with Crippen molar-refractivity contribution in [2.75, 3.05) is 0 Å². The number of hydrogen-bond donors (Lipinski definition) is 0. The lowest BCUT2D eigenvalue weighted by molar-refractivity contribution is 0.632. The number of aromatic nitrogens is 5. The van der Waals surface area contributed by atoms with Crippen molar-refractivity contribution < 1.29 is 0 Å². The first-order chi connectivity index (χ1) is 9.65. The number of rotatable bonds is 2. The summed E-state index contributed by atoms with van der Waals surface area (Å²) in [5, 5.41) is 16.1. The number of hydrogen-bond acceptors (Lipinski definition) is 5. The Balaban J connectivity index is 2.00. The van der Waals surface area contributed by atoms with E-state index in [1.165, 1.54) is 10.9 Å². The maximum atomic E-state index is 12.1. The summed E-state index contributed by atoms with van der Waals surface area (Å²) in [5.41, 5.74) is 2.15. The molecule has 0 aliphatic rings. The lowest BCUT2D eigenvalue weighted by atomic mass is 10.2. The maximum absolute atomic E-state index is 12.1. The van der Waals surface area contributed by atoms with Gasteiger partial charge in [-0.15, -0.1) is 5.10 Å². The van der Waals surface area contributed by atoms with Crippen LogP contribution in [0.3, 0.4) is 0 Å². The van der Waals surface area contributed by atoms with Crippen LogP contribution in [0.25, 0.3) is 11.0 Å². The second-order valence-electron chi connectivity index (χ2n) is 4.44. The Morgan fingerprint density at radius 1 is 1.25 bits per heavy atom. The van der Waals surface area contributed by atoms with Crippen LogP contribution in [-0.4, -0.2) is 31.1 Å². The van der Waals surface area contributed by atoms with E-state index < -0.39 is 0 Å². The second-order valence-corrected chi connectivity index (χ2v) is 4.44. The van der Waals surface area contributed by atoms with Gasteiger partial charge in [-0.25, -0.2) is 4.68 Å². The minimum absolute atomic E-state index is 0.341. The molecular formula is C13H12N6O. The summed E-state index contributed by atoms with van der Waals surface area (Å²) in [6.07, 6.45) is 3.03. The topological polar surface area (TPSA) is 78.0 Å². The Bertz CT molecular complexity index is 843. The molecule has 0 N–H and O–H groups in total. The number of fused-ring (bicyclic) bond motifs is 1. The van der Waals surface area contributed by atoms with Gasteiger partial charge in [-0.2, -0.15) is 10.2 Å². The van der Waals surface area contributed by atoms with Crippen LogP contribution in [0, 0.1) is 6.92 Å². The molecule has 0 unspecified atom stereocenters. The van der Waals surface area contributed by atoms with Crippen molar-refractivity contribution in [1.82, 2.24) is 24.9 Å². The summed E-state index contributed by atoms with van der Waals surface area (Å²) in [4.78, 5) is 13.1. The minimum atomic E-state index is -0.341. The standard InChI is InChI=1S/C13H12N6O/c1-9-3-5-10(6-4-9)7-15-19-13(20)11-8-14-18(2)12(11)16-17-19/h3-8H,1-2H3/b15-7+. The van der Waals surface area contributed by atoms with Gasteiger partial charge >= 0.3 is 5.56 Å². The zero-order valence-corrected chi connectivity index (χ0v) is 11.1. The highest BCUT2D eigenvalue weighted by Crippen LogP contribution is 2.02.